The van der Waals surface area contributed by atoms with Gasteiger partial charge in [-0.05, 0) is 67.8 Å². The van der Waals surface area contributed by atoms with Crippen LogP contribution in [-0.2, 0) is 16.8 Å². The molecule has 1 aliphatic heterocycles. The molecule has 0 saturated carbocycles. The highest BCUT2D eigenvalue weighted by molar-refractivity contribution is 5.83. The van der Waals surface area contributed by atoms with Crippen molar-refractivity contribution in [1.82, 2.24) is 35.1 Å². The maximum atomic E-state index is 13.8. The number of aromatic nitrogens is 6. The Hall–Kier alpha value is -3.83. The number of aromatic amines is 1. The van der Waals surface area contributed by atoms with Crippen molar-refractivity contribution in [3.8, 4) is 11.5 Å². The first-order valence-electron chi connectivity index (χ1n) is 13.1. The Balaban J connectivity index is 1.71. The molecule has 0 unspecified atom stereocenters. The molecule has 0 bridgehead atoms. The van der Waals surface area contributed by atoms with Crippen LogP contribution >= 0.6 is 0 Å². The van der Waals surface area contributed by atoms with E-state index in [0.29, 0.717) is 41.5 Å². The fraction of sp³-hybridized carbons (Fsp3) is 0.464. The van der Waals surface area contributed by atoms with Gasteiger partial charge in [-0.1, -0.05) is 6.07 Å². The van der Waals surface area contributed by atoms with E-state index in [-0.39, 0.29) is 11.7 Å². The van der Waals surface area contributed by atoms with Gasteiger partial charge in [-0.3, -0.25) is 14.7 Å². The molecule has 0 spiro atoms. The van der Waals surface area contributed by atoms with Gasteiger partial charge in [0.1, 0.15) is 6.04 Å². The van der Waals surface area contributed by atoms with Gasteiger partial charge in [0, 0.05) is 49.1 Å². The Labute approximate surface area is 227 Å². The third-order valence-electron chi connectivity index (χ3n) is 6.98. The second kappa shape index (κ2) is 11.1. The van der Waals surface area contributed by atoms with Gasteiger partial charge in [0.15, 0.2) is 17.3 Å². The summed E-state index contributed by atoms with van der Waals surface area (Å²) in [4.78, 5) is 23.4. The number of nitrogens with one attached hydrogen (secondary N) is 1. The topological polar surface area (TPSA) is 120 Å². The van der Waals surface area contributed by atoms with E-state index in [0.717, 1.165) is 30.4 Å². The minimum absolute atomic E-state index is 0.0343. The minimum atomic E-state index is -0.565. The number of hydrogen-bond acceptors (Lipinski definition) is 9. The van der Waals surface area contributed by atoms with Gasteiger partial charge < -0.3 is 19.2 Å². The van der Waals surface area contributed by atoms with Crippen molar-refractivity contribution in [3.63, 3.8) is 0 Å². The van der Waals surface area contributed by atoms with Crippen LogP contribution in [0.5, 0.6) is 11.5 Å². The maximum Gasteiger partial charge on any atom is 0.253 e. The molecule has 4 aromatic rings. The van der Waals surface area contributed by atoms with Gasteiger partial charge in [-0.25, -0.2) is 4.68 Å². The van der Waals surface area contributed by atoms with E-state index < -0.39 is 11.6 Å². The molecule has 1 N–H and O–H groups in total. The fourth-order valence-electron chi connectivity index (χ4n) is 5.13. The average Bonchev–Trinajstić information content (AvgIpc) is 3.61. The third-order valence-corrected chi connectivity index (χ3v) is 6.98. The number of benzene rings is 1. The smallest absolute Gasteiger partial charge is 0.253 e. The molecule has 5 rings (SSSR count). The Kier molecular flexibility index (Phi) is 7.62. The predicted molar refractivity (Wildman–Crippen MR) is 146 cm³/mol. The lowest BCUT2D eigenvalue weighted by atomic mass is 10.00. The summed E-state index contributed by atoms with van der Waals surface area (Å²) in [5.41, 5.74) is 1.54. The largest absolute Gasteiger partial charge is 0.493 e. The average molecular weight is 534 g/mol. The molecule has 1 saturated heterocycles. The molecule has 0 amide bonds. The summed E-state index contributed by atoms with van der Waals surface area (Å²) in [7, 11) is 3.16. The fourth-order valence-corrected chi connectivity index (χ4v) is 5.13. The zero-order chi connectivity index (χ0) is 27.6. The van der Waals surface area contributed by atoms with Crippen LogP contribution in [0.2, 0.25) is 0 Å². The van der Waals surface area contributed by atoms with Gasteiger partial charge >= 0.3 is 0 Å². The summed E-state index contributed by atoms with van der Waals surface area (Å²) >= 11 is 0. The van der Waals surface area contributed by atoms with Crippen molar-refractivity contribution < 1.29 is 14.2 Å². The number of ether oxygens (including phenoxy) is 3. The van der Waals surface area contributed by atoms with Gasteiger partial charge in [-0.15, -0.1) is 5.10 Å². The SMILES string of the molecule is COc1cc2cc([C@@H](c3nnnn3C(C)(C)C)N(Cc3cccnc3)C[C@H]3CCCO3)c(=O)[nH]c2cc1OC. The van der Waals surface area contributed by atoms with Crippen LogP contribution in [0.25, 0.3) is 10.9 Å². The molecule has 1 aromatic carbocycles. The van der Waals surface area contributed by atoms with Crippen molar-refractivity contribution in [2.24, 2.45) is 0 Å². The summed E-state index contributed by atoms with van der Waals surface area (Å²) < 4.78 is 18.8. The summed E-state index contributed by atoms with van der Waals surface area (Å²) in [5, 5.41) is 13.7. The number of hydrogen-bond donors (Lipinski definition) is 1. The van der Waals surface area contributed by atoms with Crippen molar-refractivity contribution >= 4 is 10.9 Å². The van der Waals surface area contributed by atoms with Gasteiger partial charge in [0.2, 0.25) is 0 Å². The minimum Gasteiger partial charge on any atom is -0.493 e. The molecule has 11 heteroatoms. The van der Waals surface area contributed by atoms with E-state index in [2.05, 4.69) is 30.4 Å². The second-order valence-electron chi connectivity index (χ2n) is 10.8. The Morgan fingerprint density at radius 2 is 2.00 bits per heavy atom. The van der Waals surface area contributed by atoms with E-state index in [1.54, 1.807) is 31.2 Å². The summed E-state index contributed by atoms with van der Waals surface area (Å²) in [6, 6.07) is 8.91. The molecule has 39 heavy (non-hydrogen) atoms. The van der Waals surface area contributed by atoms with Crippen molar-refractivity contribution in [2.75, 3.05) is 27.4 Å². The summed E-state index contributed by atoms with van der Waals surface area (Å²) in [5.74, 6) is 1.69. The molecular weight excluding hydrogens is 498 g/mol. The second-order valence-corrected chi connectivity index (χ2v) is 10.8. The van der Waals surface area contributed by atoms with Crippen LogP contribution in [0.15, 0.2) is 47.5 Å². The predicted octanol–water partition coefficient (Wildman–Crippen LogP) is 3.45. The number of pyridine rings is 2. The lowest BCUT2D eigenvalue weighted by Crippen LogP contribution is -2.40. The van der Waals surface area contributed by atoms with Crippen molar-refractivity contribution in [2.45, 2.75) is 57.8 Å². The van der Waals surface area contributed by atoms with Gasteiger partial charge in [0.25, 0.3) is 5.56 Å². The van der Waals surface area contributed by atoms with Crippen LogP contribution in [0, 0.1) is 0 Å². The van der Waals surface area contributed by atoms with E-state index in [4.69, 9.17) is 14.2 Å². The number of fused-ring (bicyclic) bond motifs is 1. The maximum absolute atomic E-state index is 13.8. The van der Waals surface area contributed by atoms with E-state index in [9.17, 15) is 4.79 Å². The van der Waals surface area contributed by atoms with E-state index in [1.807, 2.05) is 51.2 Å². The lowest BCUT2D eigenvalue weighted by molar-refractivity contribution is 0.0564. The molecule has 4 heterocycles. The van der Waals surface area contributed by atoms with Crippen molar-refractivity contribution in [3.05, 3.63) is 70.0 Å². The van der Waals surface area contributed by atoms with Crippen LogP contribution < -0.4 is 15.0 Å². The van der Waals surface area contributed by atoms with E-state index >= 15 is 0 Å². The number of methoxy groups -OCH3 is 2. The van der Waals surface area contributed by atoms with Crippen LogP contribution in [0.1, 0.15) is 56.6 Å². The lowest BCUT2D eigenvalue weighted by Gasteiger charge is -2.34. The molecule has 2 atom stereocenters. The molecule has 0 aliphatic carbocycles. The number of rotatable bonds is 9. The first kappa shape index (κ1) is 26.8. The van der Waals surface area contributed by atoms with Crippen LogP contribution in [0.3, 0.4) is 0 Å². The van der Waals surface area contributed by atoms with Gasteiger partial charge in [-0.2, -0.15) is 0 Å². The highest BCUT2D eigenvalue weighted by atomic mass is 16.5. The normalized spacial score (nSPS) is 16.6. The zero-order valence-electron chi connectivity index (χ0n) is 23.0. The molecule has 1 aliphatic rings. The van der Waals surface area contributed by atoms with Crippen molar-refractivity contribution in [1.29, 1.82) is 0 Å². The molecule has 0 radical (unpaired) electrons. The Morgan fingerprint density at radius 1 is 1.21 bits per heavy atom. The van der Waals surface area contributed by atoms with Gasteiger partial charge in [0.05, 0.1) is 31.4 Å². The van der Waals surface area contributed by atoms with Crippen LogP contribution in [0.4, 0.5) is 0 Å². The van der Waals surface area contributed by atoms with E-state index in [1.165, 1.54) is 0 Å². The first-order valence-corrected chi connectivity index (χ1v) is 13.1. The first-order chi connectivity index (χ1) is 18.8. The van der Waals surface area contributed by atoms with Crippen LogP contribution in [-0.4, -0.2) is 68.6 Å². The number of tetrazole rings is 1. The molecule has 206 valence electrons. The molecule has 3 aromatic heterocycles. The quantitative estimate of drug-likeness (QED) is 0.345. The number of H-pyrrole nitrogens is 1. The standard InChI is InChI=1S/C28H35N7O4/c1-28(2,3)35-26(31-32-33-35)25(34(17-20-9-7-11-39-20)16-18-8-6-10-29-15-18)21-12-19-13-23(37-4)24(38-5)14-22(19)30-27(21)36/h6,8,10,12-15,20,25H,7,9,11,16-17H2,1-5H3,(H,30,36)/t20-,25+/m1/s1. The molecular formula is C28H35N7O4. The molecule has 11 nitrogen and oxygen atoms in total. The highest BCUT2D eigenvalue weighted by Crippen LogP contribution is 2.35. The third kappa shape index (κ3) is 5.64. The Bertz CT molecular complexity index is 1470. The number of nitrogens with zero attached hydrogens (tertiary/aromatic N) is 6. The Morgan fingerprint density at radius 3 is 2.67 bits per heavy atom. The zero-order valence-corrected chi connectivity index (χ0v) is 23.0. The summed E-state index contributed by atoms with van der Waals surface area (Å²) in [6.45, 7) is 7.97. The highest BCUT2D eigenvalue weighted by Gasteiger charge is 2.35. The monoisotopic (exact) mass is 533 g/mol. The molecule has 1 fully saturated rings. The summed E-state index contributed by atoms with van der Waals surface area (Å²) in [6.07, 6.45) is 5.58.